The molecule has 1 aromatic carbocycles. The Hall–Kier alpha value is -3.67. The zero-order valence-corrected chi connectivity index (χ0v) is 18.5. The number of amides is 2. The average molecular weight is 477 g/mol. The number of ketones is 2. The van der Waals surface area contributed by atoms with Crippen molar-refractivity contribution in [2.75, 3.05) is 12.3 Å². The lowest BCUT2D eigenvalue weighted by atomic mass is 9.87. The summed E-state index contributed by atoms with van der Waals surface area (Å²) >= 11 is 3.95. The summed E-state index contributed by atoms with van der Waals surface area (Å²) in [6, 6.07) is 3.72. The van der Waals surface area contributed by atoms with Gasteiger partial charge in [-0.3, -0.25) is 24.0 Å². The van der Waals surface area contributed by atoms with Gasteiger partial charge < -0.3 is 26.2 Å². The van der Waals surface area contributed by atoms with E-state index >= 15 is 0 Å². The maximum Gasteiger partial charge on any atom is 0.326 e. The molecule has 1 aromatic rings. The van der Waals surface area contributed by atoms with Crippen LogP contribution in [0.1, 0.15) is 40.5 Å². The van der Waals surface area contributed by atoms with Gasteiger partial charge in [0.25, 0.3) is 0 Å². The first kappa shape index (κ1) is 25.6. The second-order valence-electron chi connectivity index (χ2n) is 7.19. The van der Waals surface area contributed by atoms with Crippen LogP contribution in [0.15, 0.2) is 35.5 Å². The first-order chi connectivity index (χ1) is 15.6. The number of fused-ring (bicyclic) bond motifs is 1. The Bertz CT molecular complexity index is 1040. The van der Waals surface area contributed by atoms with E-state index in [9.17, 15) is 33.9 Å². The molecule has 0 saturated heterocycles. The number of benzene rings is 1. The van der Waals surface area contributed by atoms with Crippen molar-refractivity contribution < 1.29 is 39.0 Å². The van der Waals surface area contributed by atoms with Crippen LogP contribution in [-0.4, -0.2) is 69.9 Å². The predicted molar refractivity (Wildman–Crippen MR) is 118 cm³/mol. The first-order valence-electron chi connectivity index (χ1n) is 9.85. The highest BCUT2D eigenvalue weighted by Gasteiger charge is 2.32. The van der Waals surface area contributed by atoms with Crippen molar-refractivity contribution in [2.24, 2.45) is 0 Å². The normalized spacial score (nSPS) is 14.7. The summed E-state index contributed by atoms with van der Waals surface area (Å²) in [7, 11) is 0. The molecule has 0 spiro atoms. The van der Waals surface area contributed by atoms with Crippen LogP contribution in [0.25, 0.3) is 0 Å². The SMILES string of the molecule is CC1=C(NC(CCC(=O)NC(CS)C(=O)NCC(=O)O)C(=O)O)C(=O)c2ccccc2C1=O. The van der Waals surface area contributed by atoms with E-state index < -0.39 is 53.9 Å². The van der Waals surface area contributed by atoms with Crippen LogP contribution >= 0.6 is 12.6 Å². The lowest BCUT2D eigenvalue weighted by molar-refractivity contribution is -0.139. The molecule has 0 fully saturated rings. The van der Waals surface area contributed by atoms with E-state index in [1.165, 1.54) is 19.1 Å². The van der Waals surface area contributed by atoms with Gasteiger partial charge in [-0.05, 0) is 13.3 Å². The maximum atomic E-state index is 12.8. The van der Waals surface area contributed by atoms with E-state index in [0.717, 1.165) is 0 Å². The van der Waals surface area contributed by atoms with Gasteiger partial charge in [0, 0.05) is 28.9 Å². The molecule has 1 aliphatic carbocycles. The number of carbonyl (C=O) groups excluding carboxylic acids is 4. The molecule has 0 heterocycles. The number of carboxylic acid groups (broad SMARTS) is 2. The van der Waals surface area contributed by atoms with E-state index in [-0.39, 0.29) is 41.0 Å². The molecular formula is C21H23N3O8S. The summed E-state index contributed by atoms with van der Waals surface area (Å²) in [4.78, 5) is 71.7. The van der Waals surface area contributed by atoms with Gasteiger partial charge in [0.05, 0.1) is 5.70 Å². The van der Waals surface area contributed by atoms with E-state index in [4.69, 9.17) is 5.11 Å². The van der Waals surface area contributed by atoms with Crippen LogP contribution in [0.4, 0.5) is 0 Å². The molecular weight excluding hydrogens is 454 g/mol. The van der Waals surface area contributed by atoms with Crippen molar-refractivity contribution >= 4 is 47.9 Å². The number of hydrogen-bond donors (Lipinski definition) is 6. The number of thiol groups is 1. The van der Waals surface area contributed by atoms with Crippen LogP contribution in [0, 0.1) is 0 Å². The van der Waals surface area contributed by atoms with E-state index in [0.29, 0.717) is 0 Å². The van der Waals surface area contributed by atoms with Gasteiger partial charge in [-0.1, -0.05) is 24.3 Å². The van der Waals surface area contributed by atoms with Crippen molar-refractivity contribution in [3.63, 3.8) is 0 Å². The molecule has 0 radical (unpaired) electrons. The highest BCUT2D eigenvalue weighted by atomic mass is 32.1. The smallest absolute Gasteiger partial charge is 0.326 e. The number of Topliss-reactive ketones (excluding diaryl/α,β-unsaturated/α-hetero) is 2. The van der Waals surface area contributed by atoms with E-state index in [1.54, 1.807) is 12.1 Å². The summed E-state index contributed by atoms with van der Waals surface area (Å²) < 4.78 is 0. The van der Waals surface area contributed by atoms with Gasteiger partial charge in [-0.25, -0.2) is 4.79 Å². The van der Waals surface area contributed by atoms with Gasteiger partial charge >= 0.3 is 11.9 Å². The molecule has 0 bridgehead atoms. The number of rotatable bonds is 11. The van der Waals surface area contributed by atoms with E-state index in [1.807, 2.05) is 0 Å². The molecule has 176 valence electrons. The third kappa shape index (κ3) is 6.42. The molecule has 33 heavy (non-hydrogen) atoms. The van der Waals surface area contributed by atoms with Crippen molar-refractivity contribution in [1.29, 1.82) is 0 Å². The van der Waals surface area contributed by atoms with Crippen molar-refractivity contribution in [3.8, 4) is 0 Å². The Morgan fingerprint density at radius 1 is 1.00 bits per heavy atom. The number of hydrogen-bond acceptors (Lipinski definition) is 8. The summed E-state index contributed by atoms with van der Waals surface area (Å²) in [6.07, 6.45) is -0.581. The standard InChI is InChI=1S/C21H23N3O8S/c1-10-17(19(29)12-5-3-2-4-11(12)18(10)28)24-13(21(31)32)6-7-15(25)23-14(9-33)20(30)22-8-16(26)27/h2-5,13-14,24,33H,6-9H2,1H3,(H,22,30)(H,23,25)(H,26,27)(H,31,32). The van der Waals surface area contributed by atoms with E-state index in [2.05, 4.69) is 28.6 Å². The topological polar surface area (TPSA) is 179 Å². The van der Waals surface area contributed by atoms with Gasteiger partial charge in [0.1, 0.15) is 18.6 Å². The quantitative estimate of drug-likeness (QED) is 0.235. The third-order valence-electron chi connectivity index (χ3n) is 4.88. The Balaban J connectivity index is 2.04. The molecule has 0 saturated carbocycles. The third-order valence-corrected chi connectivity index (χ3v) is 5.25. The fraction of sp³-hybridized carbons (Fsp3) is 0.333. The molecule has 0 aliphatic heterocycles. The Labute approximate surface area is 194 Å². The molecule has 5 N–H and O–H groups in total. The predicted octanol–water partition coefficient (Wildman–Crippen LogP) is -0.222. The largest absolute Gasteiger partial charge is 0.480 e. The monoisotopic (exact) mass is 477 g/mol. The Morgan fingerprint density at radius 2 is 1.61 bits per heavy atom. The minimum Gasteiger partial charge on any atom is -0.480 e. The highest BCUT2D eigenvalue weighted by molar-refractivity contribution is 7.80. The summed E-state index contributed by atoms with van der Waals surface area (Å²) in [6.45, 7) is 0.783. The second-order valence-corrected chi connectivity index (χ2v) is 7.56. The maximum absolute atomic E-state index is 12.8. The molecule has 12 heteroatoms. The number of nitrogens with one attached hydrogen (secondary N) is 3. The van der Waals surface area contributed by atoms with Gasteiger partial charge in [0.15, 0.2) is 5.78 Å². The molecule has 0 aromatic heterocycles. The summed E-state index contributed by atoms with van der Waals surface area (Å²) in [5.74, 6) is -5.06. The fourth-order valence-electron chi connectivity index (χ4n) is 3.13. The van der Waals surface area contributed by atoms with Crippen molar-refractivity contribution in [3.05, 3.63) is 46.7 Å². The van der Waals surface area contributed by atoms with Crippen LogP contribution < -0.4 is 16.0 Å². The van der Waals surface area contributed by atoms with Crippen LogP contribution in [-0.2, 0) is 19.2 Å². The fourth-order valence-corrected chi connectivity index (χ4v) is 3.38. The highest BCUT2D eigenvalue weighted by Crippen LogP contribution is 2.25. The minimum absolute atomic E-state index is 0.0691. The van der Waals surface area contributed by atoms with Crippen LogP contribution in [0.2, 0.25) is 0 Å². The summed E-state index contributed by atoms with van der Waals surface area (Å²) in [5.41, 5.74) is 0.310. The minimum atomic E-state index is -1.36. The van der Waals surface area contributed by atoms with Gasteiger partial charge in [-0.15, -0.1) is 0 Å². The number of aliphatic carboxylic acids is 2. The molecule has 2 unspecified atom stereocenters. The average Bonchev–Trinajstić information content (AvgIpc) is 2.78. The Morgan fingerprint density at radius 3 is 2.15 bits per heavy atom. The van der Waals surface area contributed by atoms with Gasteiger partial charge in [-0.2, -0.15) is 12.6 Å². The number of carbonyl (C=O) groups is 6. The summed E-state index contributed by atoms with van der Waals surface area (Å²) in [5, 5.41) is 25.2. The molecule has 2 rings (SSSR count). The van der Waals surface area contributed by atoms with Crippen molar-refractivity contribution in [1.82, 2.24) is 16.0 Å². The molecule has 2 atom stereocenters. The lowest BCUT2D eigenvalue weighted by Crippen LogP contribution is -2.49. The molecule has 1 aliphatic rings. The zero-order chi connectivity index (χ0) is 24.7. The number of allylic oxidation sites excluding steroid dienone is 2. The number of carboxylic acids is 2. The van der Waals surface area contributed by atoms with Crippen molar-refractivity contribution in [2.45, 2.75) is 31.8 Å². The molecule has 11 nitrogen and oxygen atoms in total. The second kappa shape index (κ2) is 11.3. The first-order valence-corrected chi connectivity index (χ1v) is 10.5. The Kier molecular flexibility index (Phi) is 8.74. The molecule has 2 amide bonds. The van der Waals surface area contributed by atoms with Crippen LogP contribution in [0.3, 0.4) is 0 Å². The van der Waals surface area contributed by atoms with Crippen LogP contribution in [0.5, 0.6) is 0 Å². The van der Waals surface area contributed by atoms with Gasteiger partial charge in [0.2, 0.25) is 17.6 Å². The zero-order valence-electron chi connectivity index (χ0n) is 17.6. The lowest BCUT2D eigenvalue weighted by Gasteiger charge is -2.23.